The summed E-state index contributed by atoms with van der Waals surface area (Å²) in [6, 6.07) is 15.2. The Morgan fingerprint density at radius 1 is 1.17 bits per heavy atom. The van der Waals surface area contributed by atoms with Gasteiger partial charge in [0.05, 0.1) is 0 Å². The van der Waals surface area contributed by atoms with Crippen LogP contribution in [0.5, 0.6) is 5.75 Å². The SMILES string of the molecule is C[C@@H](Oc1ccc2c(-c3ccccc3)cc(=O)oc2c1)C(=O)N1CCC[C@H]1C(=O)O. The van der Waals surface area contributed by atoms with Gasteiger partial charge in [0.15, 0.2) is 6.10 Å². The van der Waals surface area contributed by atoms with Gasteiger partial charge in [0.2, 0.25) is 0 Å². The third kappa shape index (κ3) is 3.78. The number of fused-ring (bicyclic) bond motifs is 1. The molecular weight excluding hydrogens is 386 g/mol. The Morgan fingerprint density at radius 3 is 2.67 bits per heavy atom. The summed E-state index contributed by atoms with van der Waals surface area (Å²) in [6.45, 7) is 1.98. The first kappa shape index (κ1) is 19.7. The number of carboxylic acids is 1. The van der Waals surface area contributed by atoms with Crippen LogP contribution in [0, 0.1) is 0 Å². The predicted molar refractivity (Wildman–Crippen MR) is 110 cm³/mol. The van der Waals surface area contributed by atoms with Crippen LogP contribution in [-0.4, -0.2) is 40.6 Å². The average molecular weight is 407 g/mol. The third-order valence-corrected chi connectivity index (χ3v) is 5.28. The second-order valence-corrected chi connectivity index (χ2v) is 7.29. The van der Waals surface area contributed by atoms with Crippen molar-refractivity contribution < 1.29 is 23.8 Å². The van der Waals surface area contributed by atoms with Crippen molar-refractivity contribution in [3.05, 3.63) is 65.0 Å². The molecule has 1 aliphatic rings. The van der Waals surface area contributed by atoms with Crippen molar-refractivity contribution in [2.45, 2.75) is 31.9 Å². The normalized spacial score (nSPS) is 17.1. The van der Waals surface area contributed by atoms with E-state index in [1.165, 1.54) is 11.0 Å². The molecule has 0 bridgehead atoms. The van der Waals surface area contributed by atoms with Crippen molar-refractivity contribution in [3.8, 4) is 16.9 Å². The van der Waals surface area contributed by atoms with E-state index in [1.807, 2.05) is 30.3 Å². The minimum atomic E-state index is -1.01. The number of aliphatic carboxylic acids is 1. The first-order valence-electron chi connectivity index (χ1n) is 9.77. The van der Waals surface area contributed by atoms with Crippen LogP contribution < -0.4 is 10.4 Å². The van der Waals surface area contributed by atoms with Gasteiger partial charge in [-0.05, 0) is 43.0 Å². The Labute approximate surface area is 172 Å². The molecule has 2 heterocycles. The first-order chi connectivity index (χ1) is 14.4. The van der Waals surface area contributed by atoms with Crippen molar-refractivity contribution in [1.82, 2.24) is 4.90 Å². The molecule has 3 aromatic rings. The molecule has 2 aromatic carbocycles. The van der Waals surface area contributed by atoms with Gasteiger partial charge >= 0.3 is 11.6 Å². The zero-order valence-electron chi connectivity index (χ0n) is 16.4. The van der Waals surface area contributed by atoms with E-state index >= 15 is 0 Å². The van der Waals surface area contributed by atoms with Gasteiger partial charge in [0.25, 0.3) is 5.91 Å². The summed E-state index contributed by atoms with van der Waals surface area (Å²) in [5, 5.41) is 10.0. The van der Waals surface area contributed by atoms with E-state index in [0.29, 0.717) is 30.7 Å². The predicted octanol–water partition coefficient (Wildman–Crippen LogP) is 3.30. The topological polar surface area (TPSA) is 97.0 Å². The van der Waals surface area contributed by atoms with Crippen LogP contribution in [0.25, 0.3) is 22.1 Å². The molecule has 0 spiro atoms. The first-order valence-corrected chi connectivity index (χ1v) is 9.77. The molecular formula is C23H21NO6. The summed E-state index contributed by atoms with van der Waals surface area (Å²) in [7, 11) is 0. The monoisotopic (exact) mass is 407 g/mol. The second kappa shape index (κ2) is 8.02. The highest BCUT2D eigenvalue weighted by molar-refractivity contribution is 5.94. The lowest BCUT2D eigenvalue weighted by Crippen LogP contribution is -2.46. The maximum atomic E-state index is 12.7. The van der Waals surface area contributed by atoms with Gasteiger partial charge in [-0.15, -0.1) is 0 Å². The maximum absolute atomic E-state index is 12.7. The Bertz CT molecular complexity index is 1150. The van der Waals surface area contributed by atoms with E-state index in [1.54, 1.807) is 25.1 Å². The third-order valence-electron chi connectivity index (χ3n) is 5.28. The summed E-state index contributed by atoms with van der Waals surface area (Å²) < 4.78 is 11.1. The number of hydrogen-bond donors (Lipinski definition) is 1. The van der Waals surface area contributed by atoms with Gasteiger partial charge in [-0.1, -0.05) is 30.3 Å². The van der Waals surface area contributed by atoms with Crippen molar-refractivity contribution >= 4 is 22.8 Å². The van der Waals surface area contributed by atoms with Crippen molar-refractivity contribution in [2.75, 3.05) is 6.54 Å². The second-order valence-electron chi connectivity index (χ2n) is 7.29. The fourth-order valence-electron chi connectivity index (χ4n) is 3.85. The van der Waals surface area contributed by atoms with Crippen LogP contribution in [0.4, 0.5) is 0 Å². The lowest BCUT2D eigenvalue weighted by atomic mass is 10.0. The lowest BCUT2D eigenvalue weighted by Gasteiger charge is -2.25. The largest absolute Gasteiger partial charge is 0.481 e. The Hall–Kier alpha value is -3.61. The molecule has 4 rings (SSSR count). The molecule has 1 saturated heterocycles. The molecule has 0 unspecified atom stereocenters. The van der Waals surface area contributed by atoms with E-state index in [0.717, 1.165) is 16.5 Å². The number of carbonyl (C=O) groups is 2. The van der Waals surface area contributed by atoms with E-state index in [9.17, 15) is 19.5 Å². The van der Waals surface area contributed by atoms with E-state index in [2.05, 4.69) is 0 Å². The minimum Gasteiger partial charge on any atom is -0.481 e. The molecule has 1 aromatic heterocycles. The van der Waals surface area contributed by atoms with E-state index in [4.69, 9.17) is 9.15 Å². The number of ether oxygens (including phenoxy) is 1. The number of carboxylic acid groups (broad SMARTS) is 1. The van der Waals surface area contributed by atoms with Crippen molar-refractivity contribution in [3.63, 3.8) is 0 Å². The Balaban J connectivity index is 1.60. The van der Waals surface area contributed by atoms with Gasteiger partial charge in [-0.3, -0.25) is 4.79 Å². The number of rotatable bonds is 5. The van der Waals surface area contributed by atoms with E-state index in [-0.39, 0.29) is 5.91 Å². The number of carbonyl (C=O) groups excluding carboxylic acids is 1. The van der Waals surface area contributed by atoms with Gasteiger partial charge in [0.1, 0.15) is 17.4 Å². The number of hydrogen-bond acceptors (Lipinski definition) is 5. The molecule has 0 saturated carbocycles. The summed E-state index contributed by atoms with van der Waals surface area (Å²) in [5.41, 5.74) is 1.51. The van der Waals surface area contributed by atoms with Crippen LogP contribution in [0.3, 0.4) is 0 Å². The summed E-state index contributed by atoms with van der Waals surface area (Å²) in [6.07, 6.45) is 0.224. The van der Waals surface area contributed by atoms with Gasteiger partial charge in [-0.25, -0.2) is 9.59 Å². The summed E-state index contributed by atoms with van der Waals surface area (Å²) in [4.78, 5) is 37.5. The molecule has 0 radical (unpaired) electrons. The van der Waals surface area contributed by atoms with Crippen LogP contribution in [0.15, 0.2) is 63.8 Å². The van der Waals surface area contributed by atoms with Gasteiger partial charge in [-0.2, -0.15) is 0 Å². The smallest absolute Gasteiger partial charge is 0.336 e. The molecule has 154 valence electrons. The molecule has 7 nitrogen and oxygen atoms in total. The van der Waals surface area contributed by atoms with Gasteiger partial charge < -0.3 is 19.2 Å². The molecule has 7 heteroatoms. The maximum Gasteiger partial charge on any atom is 0.336 e. The van der Waals surface area contributed by atoms with Gasteiger partial charge in [0, 0.05) is 24.1 Å². The summed E-state index contributed by atoms with van der Waals surface area (Å²) >= 11 is 0. The molecule has 30 heavy (non-hydrogen) atoms. The molecule has 1 aliphatic heterocycles. The number of benzene rings is 2. The number of likely N-dealkylation sites (tertiary alicyclic amines) is 1. The fourth-order valence-corrected chi connectivity index (χ4v) is 3.85. The standard InChI is InChI=1S/C23H21NO6/c1-14(22(26)24-11-5-8-19(24)23(27)28)29-16-9-10-17-18(15-6-3-2-4-7-15)13-21(25)30-20(17)12-16/h2-4,6-7,9-10,12-14,19H,5,8,11H2,1H3,(H,27,28)/t14-,19+/m1/s1. The molecule has 0 aliphatic carbocycles. The van der Waals surface area contributed by atoms with E-state index < -0.39 is 23.7 Å². The summed E-state index contributed by atoms with van der Waals surface area (Å²) in [5.74, 6) is -1.02. The molecule has 1 N–H and O–H groups in total. The molecule has 2 atom stereocenters. The van der Waals surface area contributed by atoms with Crippen LogP contribution in [0.1, 0.15) is 19.8 Å². The van der Waals surface area contributed by atoms with Crippen molar-refractivity contribution in [1.29, 1.82) is 0 Å². The Kier molecular flexibility index (Phi) is 5.27. The fraction of sp³-hybridized carbons (Fsp3) is 0.261. The Morgan fingerprint density at radius 2 is 1.93 bits per heavy atom. The number of nitrogens with zero attached hydrogens (tertiary/aromatic N) is 1. The van der Waals surface area contributed by atoms with Crippen LogP contribution >= 0.6 is 0 Å². The van der Waals surface area contributed by atoms with Crippen molar-refractivity contribution in [2.24, 2.45) is 0 Å². The highest BCUT2D eigenvalue weighted by atomic mass is 16.5. The minimum absolute atomic E-state index is 0.350. The highest BCUT2D eigenvalue weighted by Crippen LogP contribution is 2.30. The van der Waals surface area contributed by atoms with Crippen LogP contribution in [0.2, 0.25) is 0 Å². The quantitative estimate of drug-likeness (QED) is 0.652. The lowest BCUT2D eigenvalue weighted by molar-refractivity contribution is -0.150. The molecule has 1 amide bonds. The number of amides is 1. The average Bonchev–Trinajstić information content (AvgIpc) is 3.23. The molecule has 1 fully saturated rings. The zero-order chi connectivity index (χ0) is 21.3. The highest BCUT2D eigenvalue weighted by Gasteiger charge is 2.36. The van der Waals surface area contributed by atoms with Crippen LogP contribution in [-0.2, 0) is 9.59 Å². The zero-order valence-corrected chi connectivity index (χ0v) is 16.4.